The van der Waals surface area contributed by atoms with Crippen LogP contribution in [0.2, 0.25) is 5.15 Å². The van der Waals surface area contributed by atoms with Crippen LogP contribution in [0.15, 0.2) is 30.3 Å². The van der Waals surface area contributed by atoms with Gasteiger partial charge in [0.15, 0.2) is 5.82 Å². The van der Waals surface area contributed by atoms with Gasteiger partial charge in [0.1, 0.15) is 23.6 Å². The van der Waals surface area contributed by atoms with Gasteiger partial charge in [-0.25, -0.2) is 9.97 Å². The largest absolute Gasteiger partial charge is 0.377 e. The molecule has 0 amide bonds. The van der Waals surface area contributed by atoms with Gasteiger partial charge in [-0.2, -0.15) is 5.26 Å². The number of anilines is 2. The van der Waals surface area contributed by atoms with Crippen molar-refractivity contribution < 1.29 is 4.74 Å². The molecule has 2 aromatic rings. The molecule has 20 heavy (non-hydrogen) atoms. The van der Waals surface area contributed by atoms with Crippen molar-refractivity contribution >= 4 is 23.1 Å². The summed E-state index contributed by atoms with van der Waals surface area (Å²) in [6.45, 7) is 0.279. The van der Waals surface area contributed by atoms with Crippen LogP contribution in [-0.4, -0.2) is 24.1 Å². The van der Waals surface area contributed by atoms with Gasteiger partial charge in [0, 0.05) is 20.2 Å². The highest BCUT2D eigenvalue weighted by molar-refractivity contribution is 6.29. The molecule has 0 fully saturated rings. The first-order valence-corrected chi connectivity index (χ1v) is 6.28. The average molecular weight is 289 g/mol. The normalized spacial score (nSPS) is 10.1. The van der Waals surface area contributed by atoms with E-state index in [0.717, 1.165) is 5.69 Å². The number of para-hydroxylation sites is 1. The molecule has 102 valence electrons. The minimum absolute atomic E-state index is 0.279. The summed E-state index contributed by atoms with van der Waals surface area (Å²) < 4.78 is 5.01. The van der Waals surface area contributed by atoms with E-state index < -0.39 is 0 Å². The summed E-state index contributed by atoms with van der Waals surface area (Å²) in [5, 5.41) is 9.49. The number of nitrogens with zero attached hydrogens (tertiary/aromatic N) is 4. The Labute approximate surface area is 122 Å². The zero-order valence-electron chi connectivity index (χ0n) is 11.2. The van der Waals surface area contributed by atoms with E-state index in [1.165, 1.54) is 0 Å². The van der Waals surface area contributed by atoms with Crippen molar-refractivity contribution in [2.45, 2.75) is 6.61 Å². The second kappa shape index (κ2) is 6.33. The van der Waals surface area contributed by atoms with E-state index in [0.29, 0.717) is 22.4 Å². The van der Waals surface area contributed by atoms with Gasteiger partial charge in [-0.05, 0) is 12.1 Å². The number of ether oxygens (including phenoxy) is 1. The van der Waals surface area contributed by atoms with Crippen LogP contribution in [-0.2, 0) is 11.3 Å². The summed E-state index contributed by atoms with van der Waals surface area (Å²) in [5.74, 6) is 1.11. The third-order valence-corrected chi connectivity index (χ3v) is 2.92. The molecular weight excluding hydrogens is 276 g/mol. The van der Waals surface area contributed by atoms with E-state index in [1.54, 1.807) is 24.1 Å². The predicted octanol–water partition coefficient (Wildman–Crippen LogP) is 2.92. The zero-order valence-corrected chi connectivity index (χ0v) is 11.9. The van der Waals surface area contributed by atoms with Gasteiger partial charge in [-0.3, -0.25) is 0 Å². The standard InChI is InChI=1S/C14H13ClN4O/c1-19(11-6-4-3-5-10(11)8-16)14-7-12(15)17-13(18-14)9-20-2/h3-7H,9H2,1-2H3. The van der Waals surface area contributed by atoms with Crippen molar-refractivity contribution in [3.8, 4) is 6.07 Å². The molecule has 0 saturated heterocycles. The Bertz CT molecular complexity index is 654. The van der Waals surface area contributed by atoms with Crippen molar-refractivity contribution in [1.82, 2.24) is 9.97 Å². The number of aromatic nitrogens is 2. The first kappa shape index (κ1) is 14.3. The lowest BCUT2D eigenvalue weighted by atomic mass is 10.2. The third-order valence-electron chi connectivity index (χ3n) is 2.73. The van der Waals surface area contributed by atoms with Crippen molar-refractivity contribution in [3.05, 3.63) is 46.9 Å². The first-order chi connectivity index (χ1) is 9.65. The second-order valence-electron chi connectivity index (χ2n) is 4.09. The molecule has 1 heterocycles. The molecule has 0 aliphatic rings. The maximum absolute atomic E-state index is 9.15. The fourth-order valence-electron chi connectivity index (χ4n) is 1.80. The number of hydrogen-bond donors (Lipinski definition) is 0. The topological polar surface area (TPSA) is 62.0 Å². The summed E-state index contributed by atoms with van der Waals surface area (Å²) in [6.07, 6.45) is 0. The molecule has 0 bridgehead atoms. The van der Waals surface area contributed by atoms with Crippen molar-refractivity contribution in [1.29, 1.82) is 5.26 Å². The van der Waals surface area contributed by atoms with Gasteiger partial charge in [0.2, 0.25) is 0 Å². The minimum atomic E-state index is 0.279. The smallest absolute Gasteiger partial charge is 0.158 e. The number of halogens is 1. The highest BCUT2D eigenvalue weighted by atomic mass is 35.5. The minimum Gasteiger partial charge on any atom is -0.377 e. The monoisotopic (exact) mass is 288 g/mol. The molecule has 0 atom stereocenters. The van der Waals surface area contributed by atoms with Crippen molar-refractivity contribution in [2.24, 2.45) is 0 Å². The third kappa shape index (κ3) is 3.05. The van der Waals surface area contributed by atoms with E-state index in [4.69, 9.17) is 21.6 Å². The van der Waals surface area contributed by atoms with Gasteiger partial charge < -0.3 is 9.64 Å². The number of nitriles is 1. The van der Waals surface area contributed by atoms with Gasteiger partial charge >= 0.3 is 0 Å². The molecule has 0 spiro atoms. The van der Waals surface area contributed by atoms with Crippen molar-refractivity contribution in [2.75, 3.05) is 19.1 Å². The molecule has 1 aromatic heterocycles. The van der Waals surface area contributed by atoms with E-state index in [1.807, 2.05) is 25.2 Å². The Hall–Kier alpha value is -2.16. The first-order valence-electron chi connectivity index (χ1n) is 5.91. The van der Waals surface area contributed by atoms with E-state index >= 15 is 0 Å². The summed E-state index contributed by atoms with van der Waals surface area (Å²) in [4.78, 5) is 10.2. The summed E-state index contributed by atoms with van der Waals surface area (Å²) in [7, 11) is 3.39. The number of rotatable bonds is 4. The molecular formula is C14H13ClN4O. The molecule has 0 radical (unpaired) electrons. The molecule has 0 aliphatic carbocycles. The highest BCUT2D eigenvalue weighted by Crippen LogP contribution is 2.26. The predicted molar refractivity (Wildman–Crippen MR) is 77.0 cm³/mol. The van der Waals surface area contributed by atoms with Gasteiger partial charge in [0.25, 0.3) is 0 Å². The number of methoxy groups -OCH3 is 1. The van der Waals surface area contributed by atoms with Crippen LogP contribution in [0.25, 0.3) is 0 Å². The molecule has 6 heteroatoms. The molecule has 0 aliphatic heterocycles. The maximum atomic E-state index is 9.15. The van der Waals surface area contributed by atoms with Crippen LogP contribution in [0.1, 0.15) is 11.4 Å². The fraction of sp³-hybridized carbons (Fsp3) is 0.214. The molecule has 0 unspecified atom stereocenters. The van der Waals surface area contributed by atoms with Gasteiger partial charge in [-0.15, -0.1) is 0 Å². The lowest BCUT2D eigenvalue weighted by molar-refractivity contribution is 0.178. The van der Waals surface area contributed by atoms with Crippen LogP contribution < -0.4 is 4.90 Å². The lowest BCUT2D eigenvalue weighted by Crippen LogP contribution is -2.14. The van der Waals surface area contributed by atoms with Crippen molar-refractivity contribution in [3.63, 3.8) is 0 Å². The molecule has 5 nitrogen and oxygen atoms in total. The summed E-state index contributed by atoms with van der Waals surface area (Å²) >= 11 is 5.99. The Morgan fingerprint density at radius 1 is 1.35 bits per heavy atom. The average Bonchev–Trinajstić information content (AvgIpc) is 2.46. The van der Waals surface area contributed by atoms with E-state index in [9.17, 15) is 0 Å². The highest BCUT2D eigenvalue weighted by Gasteiger charge is 2.12. The molecule has 0 saturated carbocycles. The quantitative estimate of drug-likeness (QED) is 0.810. The van der Waals surface area contributed by atoms with Crippen LogP contribution >= 0.6 is 11.6 Å². The second-order valence-corrected chi connectivity index (χ2v) is 4.47. The van der Waals surface area contributed by atoms with Gasteiger partial charge in [-0.1, -0.05) is 23.7 Å². The van der Waals surface area contributed by atoms with Crippen LogP contribution in [0.5, 0.6) is 0 Å². The number of hydrogen-bond acceptors (Lipinski definition) is 5. The van der Waals surface area contributed by atoms with Crippen LogP contribution in [0.4, 0.5) is 11.5 Å². The van der Waals surface area contributed by atoms with Crippen LogP contribution in [0, 0.1) is 11.3 Å². The fourth-order valence-corrected chi connectivity index (χ4v) is 2.00. The summed E-state index contributed by atoms with van der Waals surface area (Å²) in [6, 6.07) is 11.1. The van der Waals surface area contributed by atoms with Crippen LogP contribution in [0.3, 0.4) is 0 Å². The van der Waals surface area contributed by atoms with E-state index in [2.05, 4.69) is 16.0 Å². The molecule has 2 rings (SSSR count). The Morgan fingerprint density at radius 2 is 2.10 bits per heavy atom. The zero-order chi connectivity index (χ0) is 14.5. The Morgan fingerprint density at radius 3 is 2.80 bits per heavy atom. The maximum Gasteiger partial charge on any atom is 0.158 e. The SMILES string of the molecule is COCc1nc(Cl)cc(N(C)c2ccccc2C#N)n1. The Balaban J connectivity index is 2.43. The van der Waals surface area contributed by atoms with E-state index in [-0.39, 0.29) is 6.61 Å². The Kier molecular flexibility index (Phi) is 4.51. The summed E-state index contributed by atoms with van der Waals surface area (Å²) in [5.41, 5.74) is 1.33. The molecule has 1 aromatic carbocycles. The van der Waals surface area contributed by atoms with Gasteiger partial charge in [0.05, 0.1) is 11.3 Å². The lowest BCUT2D eigenvalue weighted by Gasteiger charge is -2.20. The number of benzene rings is 1. The molecule has 0 N–H and O–H groups in total.